The number of rotatable bonds is 9. The molecule has 2 aromatic carbocycles. The molecule has 0 bridgehead atoms. The largest absolute Gasteiger partial charge is 0.459 e. The summed E-state index contributed by atoms with van der Waals surface area (Å²) < 4.78 is 16.4. The van der Waals surface area contributed by atoms with Crippen molar-refractivity contribution in [1.82, 2.24) is 9.80 Å². The van der Waals surface area contributed by atoms with E-state index in [1.807, 2.05) is 72.8 Å². The van der Waals surface area contributed by atoms with Crippen LogP contribution in [0, 0.1) is 0 Å². The summed E-state index contributed by atoms with van der Waals surface area (Å²) in [6.45, 7) is 6.38. The average Bonchev–Trinajstić information content (AvgIpc) is 3.37. The van der Waals surface area contributed by atoms with Gasteiger partial charge in [0, 0.05) is 13.1 Å². The molecular weight excluding hydrogens is 472 g/mol. The predicted molar refractivity (Wildman–Crippen MR) is 141 cm³/mol. The Morgan fingerprint density at radius 1 is 1.00 bits per heavy atom. The second kappa shape index (κ2) is 13.5. The lowest BCUT2D eigenvalue weighted by Gasteiger charge is -2.27. The number of hydrogen-bond acceptors (Lipinski definition) is 6. The van der Waals surface area contributed by atoms with Gasteiger partial charge in [-0.25, -0.2) is 14.4 Å². The van der Waals surface area contributed by atoms with Crippen LogP contribution in [0.15, 0.2) is 66.7 Å². The number of likely N-dealkylation sites (tertiary alicyclic amines) is 1. The predicted octanol–water partition coefficient (Wildman–Crippen LogP) is 5.28. The van der Waals surface area contributed by atoms with E-state index >= 15 is 0 Å². The van der Waals surface area contributed by atoms with Crippen LogP contribution in [0.1, 0.15) is 44.7 Å². The van der Waals surface area contributed by atoms with Gasteiger partial charge in [-0.05, 0) is 44.7 Å². The summed E-state index contributed by atoms with van der Waals surface area (Å²) in [4.78, 5) is 41.0. The highest BCUT2D eigenvalue weighted by atomic mass is 16.6. The van der Waals surface area contributed by atoms with Gasteiger partial charge >= 0.3 is 18.2 Å². The number of carbonyl (C=O) groups excluding carboxylic acids is 3. The first-order valence-corrected chi connectivity index (χ1v) is 12.6. The van der Waals surface area contributed by atoms with Crippen LogP contribution in [0.25, 0.3) is 6.08 Å². The summed E-state index contributed by atoms with van der Waals surface area (Å²) in [5.74, 6) is -0.445. The minimum Gasteiger partial charge on any atom is -0.459 e. The molecule has 2 aromatic rings. The molecule has 1 heterocycles. The second-order valence-electron chi connectivity index (χ2n) is 9.80. The van der Waals surface area contributed by atoms with Crippen molar-refractivity contribution in [3.63, 3.8) is 0 Å². The van der Waals surface area contributed by atoms with Crippen LogP contribution in [-0.4, -0.2) is 65.8 Å². The highest BCUT2D eigenvalue weighted by Crippen LogP contribution is 2.20. The van der Waals surface area contributed by atoms with Crippen molar-refractivity contribution >= 4 is 24.2 Å². The summed E-state index contributed by atoms with van der Waals surface area (Å²) in [6.07, 6.45) is 3.90. The van der Waals surface area contributed by atoms with Crippen LogP contribution in [0.2, 0.25) is 0 Å². The Morgan fingerprint density at radius 3 is 2.35 bits per heavy atom. The van der Waals surface area contributed by atoms with Gasteiger partial charge in [0.05, 0.1) is 6.54 Å². The van der Waals surface area contributed by atoms with Crippen molar-refractivity contribution in [3.8, 4) is 0 Å². The van der Waals surface area contributed by atoms with E-state index in [1.54, 1.807) is 20.8 Å². The van der Waals surface area contributed by atoms with E-state index in [4.69, 9.17) is 14.2 Å². The molecule has 0 spiro atoms. The number of nitrogens with zero attached hydrogens (tertiary/aromatic N) is 2. The lowest BCUT2D eigenvalue weighted by atomic mass is 10.2. The molecule has 1 aliphatic heterocycles. The molecule has 198 valence electrons. The molecular formula is C29H36N2O6. The van der Waals surface area contributed by atoms with Gasteiger partial charge in [0.25, 0.3) is 0 Å². The van der Waals surface area contributed by atoms with Crippen LogP contribution in [0.4, 0.5) is 9.59 Å². The smallest absolute Gasteiger partial charge is 0.410 e. The SMILES string of the molecule is CC(C)(C)OC(=O)N(C/C=C/c1ccccc1)CCOC(=O)N1CCCC1C(=O)OCc1ccccc1. The fraction of sp³-hybridized carbons (Fsp3) is 0.414. The molecule has 0 saturated carbocycles. The van der Waals surface area contributed by atoms with E-state index in [-0.39, 0.29) is 19.8 Å². The summed E-state index contributed by atoms with van der Waals surface area (Å²) in [6, 6.07) is 18.5. The number of benzene rings is 2. The molecule has 8 heteroatoms. The van der Waals surface area contributed by atoms with E-state index in [9.17, 15) is 14.4 Å². The van der Waals surface area contributed by atoms with Crippen LogP contribution in [-0.2, 0) is 25.6 Å². The first-order valence-electron chi connectivity index (χ1n) is 12.6. The minimum absolute atomic E-state index is 0.0282. The van der Waals surface area contributed by atoms with E-state index in [2.05, 4.69) is 0 Å². The van der Waals surface area contributed by atoms with Gasteiger partial charge in [0.15, 0.2) is 0 Å². The number of carbonyl (C=O) groups is 3. The normalized spacial score (nSPS) is 15.4. The Labute approximate surface area is 218 Å². The Bertz CT molecular complexity index is 1050. The molecule has 0 radical (unpaired) electrons. The van der Waals surface area contributed by atoms with Crippen LogP contribution in [0.3, 0.4) is 0 Å². The lowest BCUT2D eigenvalue weighted by molar-refractivity contribution is -0.149. The van der Waals surface area contributed by atoms with Crippen molar-refractivity contribution < 1.29 is 28.6 Å². The molecule has 8 nitrogen and oxygen atoms in total. The third-order valence-electron chi connectivity index (χ3n) is 5.66. The van der Waals surface area contributed by atoms with Crippen LogP contribution < -0.4 is 0 Å². The van der Waals surface area contributed by atoms with Gasteiger partial charge in [0.2, 0.25) is 0 Å². The minimum atomic E-state index is -0.674. The standard InChI is InChI=1S/C29H36N2O6/c1-29(2,3)37-27(33)30(18-10-16-23-12-6-4-7-13-23)20-21-35-28(34)31-19-11-17-25(31)26(32)36-22-24-14-8-5-9-15-24/h4-10,12-16,25H,11,17-22H2,1-3H3/b16-10+. The zero-order valence-corrected chi connectivity index (χ0v) is 21.8. The first kappa shape index (κ1) is 27.8. The summed E-state index contributed by atoms with van der Waals surface area (Å²) in [5.41, 5.74) is 1.24. The van der Waals surface area contributed by atoms with E-state index in [0.717, 1.165) is 11.1 Å². The van der Waals surface area contributed by atoms with Crippen molar-refractivity contribution in [3.05, 3.63) is 77.9 Å². The maximum atomic E-state index is 12.8. The maximum Gasteiger partial charge on any atom is 0.410 e. The van der Waals surface area contributed by atoms with Crippen molar-refractivity contribution in [2.24, 2.45) is 0 Å². The van der Waals surface area contributed by atoms with Crippen molar-refractivity contribution in [1.29, 1.82) is 0 Å². The monoisotopic (exact) mass is 508 g/mol. The average molecular weight is 509 g/mol. The van der Waals surface area contributed by atoms with Gasteiger partial charge in [-0.1, -0.05) is 72.8 Å². The molecule has 37 heavy (non-hydrogen) atoms. The molecule has 1 saturated heterocycles. The van der Waals surface area contributed by atoms with E-state index in [1.165, 1.54) is 9.80 Å². The van der Waals surface area contributed by atoms with Gasteiger partial charge in [0.1, 0.15) is 24.9 Å². The molecule has 1 atom stereocenters. The van der Waals surface area contributed by atoms with Crippen molar-refractivity contribution in [2.45, 2.75) is 51.9 Å². The van der Waals surface area contributed by atoms with Crippen molar-refractivity contribution in [2.75, 3.05) is 26.2 Å². The number of ether oxygens (including phenoxy) is 3. The Balaban J connectivity index is 1.52. The zero-order valence-electron chi connectivity index (χ0n) is 21.8. The number of hydrogen-bond donors (Lipinski definition) is 0. The molecule has 3 rings (SSSR count). The molecule has 1 unspecified atom stereocenters. The van der Waals surface area contributed by atoms with Gasteiger partial charge in [-0.2, -0.15) is 0 Å². The summed E-state index contributed by atoms with van der Waals surface area (Å²) >= 11 is 0. The summed E-state index contributed by atoms with van der Waals surface area (Å²) in [5, 5.41) is 0. The second-order valence-corrected chi connectivity index (χ2v) is 9.80. The van der Waals surface area contributed by atoms with Gasteiger partial charge < -0.3 is 19.1 Å². The molecule has 1 fully saturated rings. The fourth-order valence-electron chi connectivity index (χ4n) is 3.84. The Morgan fingerprint density at radius 2 is 1.68 bits per heavy atom. The Hall–Kier alpha value is -3.81. The lowest BCUT2D eigenvalue weighted by Crippen LogP contribution is -2.43. The third kappa shape index (κ3) is 9.29. The van der Waals surface area contributed by atoms with E-state index in [0.29, 0.717) is 25.9 Å². The Kier molecular flexibility index (Phi) is 10.1. The molecule has 0 N–H and O–H groups in total. The maximum absolute atomic E-state index is 12.8. The highest BCUT2D eigenvalue weighted by Gasteiger charge is 2.36. The van der Waals surface area contributed by atoms with Crippen LogP contribution in [0.5, 0.6) is 0 Å². The number of esters is 1. The fourth-order valence-corrected chi connectivity index (χ4v) is 3.84. The molecule has 2 amide bonds. The van der Waals surface area contributed by atoms with E-state index < -0.39 is 29.8 Å². The quantitative estimate of drug-likeness (QED) is 0.338. The zero-order chi connectivity index (χ0) is 26.7. The summed E-state index contributed by atoms with van der Waals surface area (Å²) in [7, 11) is 0. The molecule has 1 aliphatic rings. The van der Waals surface area contributed by atoms with Crippen LogP contribution >= 0.6 is 0 Å². The topological polar surface area (TPSA) is 85.4 Å². The third-order valence-corrected chi connectivity index (χ3v) is 5.66. The van der Waals surface area contributed by atoms with Gasteiger partial charge in [-0.3, -0.25) is 4.90 Å². The molecule has 0 aromatic heterocycles. The first-order chi connectivity index (χ1) is 17.7. The van der Waals surface area contributed by atoms with Gasteiger partial charge in [-0.15, -0.1) is 0 Å². The highest BCUT2D eigenvalue weighted by molar-refractivity contribution is 5.82. The molecule has 0 aliphatic carbocycles. The number of amides is 2.